The maximum absolute atomic E-state index is 13.7. The number of halogens is 2. The van der Waals surface area contributed by atoms with Gasteiger partial charge in [0, 0.05) is 25.2 Å². The van der Waals surface area contributed by atoms with Gasteiger partial charge in [-0.1, -0.05) is 22.8 Å². The van der Waals surface area contributed by atoms with E-state index in [2.05, 4.69) is 27.2 Å². The number of oxime groups is 1. The topological polar surface area (TPSA) is 51.9 Å². The fourth-order valence-corrected chi connectivity index (χ4v) is 4.59. The third-order valence-electron chi connectivity index (χ3n) is 6.19. The van der Waals surface area contributed by atoms with Gasteiger partial charge in [0.25, 0.3) is 0 Å². The predicted molar refractivity (Wildman–Crippen MR) is 126 cm³/mol. The summed E-state index contributed by atoms with van der Waals surface area (Å²) in [5.41, 5.74) is 3.86. The molecule has 6 nitrogen and oxygen atoms in total. The molecule has 170 valence electrons. The fourth-order valence-electron chi connectivity index (χ4n) is 4.40. The molecule has 1 unspecified atom stereocenters. The maximum atomic E-state index is 13.7. The molecule has 0 N–H and O–H groups in total. The molecule has 0 amide bonds. The molecule has 0 spiro atoms. The molecular weight excluding hydrogens is 443 g/mol. The van der Waals surface area contributed by atoms with Crippen LogP contribution in [0.5, 0.6) is 5.75 Å². The van der Waals surface area contributed by atoms with Crippen molar-refractivity contribution in [3.05, 3.63) is 82.2 Å². The van der Waals surface area contributed by atoms with Crippen molar-refractivity contribution in [1.82, 2.24) is 14.5 Å². The van der Waals surface area contributed by atoms with E-state index in [9.17, 15) is 4.39 Å². The van der Waals surface area contributed by atoms with Crippen molar-refractivity contribution >= 4 is 23.5 Å². The number of imidazole rings is 1. The highest BCUT2D eigenvalue weighted by Gasteiger charge is 2.46. The zero-order chi connectivity index (χ0) is 23.2. The van der Waals surface area contributed by atoms with Gasteiger partial charge in [-0.25, -0.2) is 9.37 Å². The molecule has 1 saturated heterocycles. The van der Waals surface area contributed by atoms with Gasteiger partial charge in [0.05, 0.1) is 29.8 Å². The minimum absolute atomic E-state index is 0.0684. The van der Waals surface area contributed by atoms with Crippen molar-refractivity contribution in [3.63, 3.8) is 0 Å². The van der Waals surface area contributed by atoms with Gasteiger partial charge in [-0.3, -0.25) is 0 Å². The normalized spacial score (nSPS) is 21.1. The molecular formula is C25H24ClFN4O2. The van der Waals surface area contributed by atoms with Crippen molar-refractivity contribution in [2.45, 2.75) is 32.4 Å². The van der Waals surface area contributed by atoms with Gasteiger partial charge in [0.2, 0.25) is 5.72 Å². The van der Waals surface area contributed by atoms with Crippen molar-refractivity contribution in [2.75, 3.05) is 13.7 Å². The summed E-state index contributed by atoms with van der Waals surface area (Å²) in [6.45, 7) is 4.67. The lowest BCUT2D eigenvalue weighted by Crippen LogP contribution is -2.47. The van der Waals surface area contributed by atoms with Crippen LogP contribution in [-0.4, -0.2) is 33.9 Å². The lowest BCUT2D eigenvalue weighted by molar-refractivity contribution is -0.0913. The molecule has 3 heterocycles. The van der Waals surface area contributed by atoms with Gasteiger partial charge >= 0.3 is 0 Å². The van der Waals surface area contributed by atoms with Crippen molar-refractivity contribution in [2.24, 2.45) is 5.16 Å². The zero-order valence-electron chi connectivity index (χ0n) is 18.7. The minimum Gasteiger partial charge on any atom is -0.495 e. The molecule has 1 atom stereocenters. The van der Waals surface area contributed by atoms with E-state index in [1.54, 1.807) is 25.6 Å². The Morgan fingerprint density at radius 1 is 1.24 bits per heavy atom. The Hall–Kier alpha value is -3.32. The van der Waals surface area contributed by atoms with Gasteiger partial charge < -0.3 is 19.0 Å². The summed E-state index contributed by atoms with van der Waals surface area (Å²) in [6.07, 6.45) is 7.68. The summed E-state index contributed by atoms with van der Waals surface area (Å²) in [7, 11) is 1.66. The number of hydrogen-bond acceptors (Lipinski definition) is 5. The average molecular weight is 467 g/mol. The van der Waals surface area contributed by atoms with Gasteiger partial charge in [-0.05, 0) is 67.3 Å². The van der Waals surface area contributed by atoms with E-state index in [-0.39, 0.29) is 5.02 Å². The van der Waals surface area contributed by atoms with Crippen molar-refractivity contribution < 1.29 is 14.0 Å². The van der Waals surface area contributed by atoms with E-state index in [0.29, 0.717) is 0 Å². The van der Waals surface area contributed by atoms with E-state index in [4.69, 9.17) is 21.2 Å². The van der Waals surface area contributed by atoms with Crippen LogP contribution in [0.4, 0.5) is 4.39 Å². The van der Waals surface area contributed by atoms with Crippen LogP contribution in [0, 0.1) is 12.7 Å². The molecule has 0 radical (unpaired) electrons. The van der Waals surface area contributed by atoms with E-state index in [1.807, 2.05) is 36.7 Å². The Bertz CT molecular complexity index is 1290. The number of piperidine rings is 1. The molecule has 0 saturated carbocycles. The van der Waals surface area contributed by atoms with Gasteiger partial charge in [0.1, 0.15) is 11.6 Å². The molecule has 33 heavy (non-hydrogen) atoms. The average Bonchev–Trinajstić information content (AvgIpc) is 3.40. The first-order valence-corrected chi connectivity index (χ1v) is 11.2. The maximum Gasteiger partial charge on any atom is 0.234 e. The molecule has 1 fully saturated rings. The molecule has 0 bridgehead atoms. The number of hydrogen-bond donors (Lipinski definition) is 0. The summed E-state index contributed by atoms with van der Waals surface area (Å²) in [5, 5.41) is 4.49. The third-order valence-corrected chi connectivity index (χ3v) is 6.48. The SMILES string of the molecule is COc1cc(/C=C2\CCCN3C2=NOC3(C)c2ccc(F)c(Cl)c2)ccc1-n1cnc(C)c1. The first kappa shape index (κ1) is 21.5. The number of methoxy groups -OCH3 is 1. The van der Waals surface area contributed by atoms with Crippen LogP contribution in [0.25, 0.3) is 11.8 Å². The quantitative estimate of drug-likeness (QED) is 0.496. The van der Waals surface area contributed by atoms with E-state index < -0.39 is 11.5 Å². The molecule has 1 aromatic heterocycles. The van der Waals surface area contributed by atoms with Crippen molar-refractivity contribution in [1.29, 1.82) is 0 Å². The number of nitrogens with zero attached hydrogens (tertiary/aromatic N) is 4. The first-order chi connectivity index (χ1) is 15.9. The Kier molecular flexibility index (Phi) is 5.37. The second-order valence-corrected chi connectivity index (χ2v) is 8.80. The number of rotatable bonds is 4. The van der Waals surface area contributed by atoms with Crippen LogP contribution < -0.4 is 4.74 Å². The predicted octanol–water partition coefficient (Wildman–Crippen LogP) is 5.68. The largest absolute Gasteiger partial charge is 0.495 e. The molecule has 8 heteroatoms. The first-order valence-electron chi connectivity index (χ1n) is 10.8. The molecule has 0 aliphatic carbocycles. The minimum atomic E-state index is -0.840. The van der Waals surface area contributed by atoms with Gasteiger partial charge in [-0.2, -0.15) is 0 Å². The molecule has 2 aliphatic heterocycles. The zero-order valence-corrected chi connectivity index (χ0v) is 19.4. The highest BCUT2D eigenvalue weighted by Crippen LogP contribution is 2.41. The van der Waals surface area contributed by atoms with Crippen LogP contribution in [-0.2, 0) is 10.6 Å². The number of benzene rings is 2. The lowest BCUT2D eigenvalue weighted by Gasteiger charge is -2.37. The number of ether oxygens (including phenoxy) is 1. The summed E-state index contributed by atoms with van der Waals surface area (Å²) >= 11 is 6.04. The van der Waals surface area contributed by atoms with Gasteiger partial charge in [0.15, 0.2) is 5.84 Å². The number of fused-ring (bicyclic) bond motifs is 1. The second-order valence-electron chi connectivity index (χ2n) is 8.40. The Labute approximate surface area is 196 Å². The summed E-state index contributed by atoms with van der Waals surface area (Å²) < 4.78 is 21.3. The van der Waals surface area contributed by atoms with Crippen molar-refractivity contribution in [3.8, 4) is 11.4 Å². The smallest absolute Gasteiger partial charge is 0.234 e. The highest BCUT2D eigenvalue weighted by molar-refractivity contribution is 6.30. The molecule has 5 rings (SSSR count). The number of aromatic nitrogens is 2. The van der Waals surface area contributed by atoms with Crippen LogP contribution in [0.1, 0.15) is 36.6 Å². The number of amidine groups is 1. The monoisotopic (exact) mass is 466 g/mol. The van der Waals surface area contributed by atoms with Crippen LogP contribution in [0.2, 0.25) is 5.02 Å². The Morgan fingerprint density at radius 2 is 2.09 bits per heavy atom. The molecule has 2 aliphatic rings. The van der Waals surface area contributed by atoms with Crippen LogP contribution >= 0.6 is 11.6 Å². The van der Waals surface area contributed by atoms with E-state index >= 15 is 0 Å². The number of aryl methyl sites for hydroxylation is 1. The van der Waals surface area contributed by atoms with Crippen LogP contribution in [0.3, 0.4) is 0 Å². The van der Waals surface area contributed by atoms with E-state index in [0.717, 1.165) is 59.1 Å². The fraction of sp³-hybridized carbons (Fsp3) is 0.280. The second kappa shape index (κ2) is 8.23. The van der Waals surface area contributed by atoms with E-state index in [1.165, 1.54) is 6.07 Å². The summed E-state index contributed by atoms with van der Waals surface area (Å²) in [4.78, 5) is 12.3. The molecule has 3 aromatic rings. The standard InChI is InChI=1S/C25H24ClFN4O2/c1-16-14-30(15-28-16)22-9-6-17(12-23(22)32-3)11-18-5-4-10-31-24(18)29-33-25(31,2)19-7-8-21(27)20(26)13-19/h6-9,11-15H,4-5,10H2,1-3H3/b18-11+. The Balaban J connectivity index is 1.46. The van der Waals surface area contributed by atoms with Gasteiger partial charge in [-0.15, -0.1) is 0 Å². The molecule has 2 aromatic carbocycles. The Morgan fingerprint density at radius 3 is 2.82 bits per heavy atom. The third kappa shape index (κ3) is 3.76. The summed E-state index contributed by atoms with van der Waals surface area (Å²) in [5.74, 6) is 1.09. The van der Waals surface area contributed by atoms with Crippen LogP contribution in [0.15, 0.2) is 59.7 Å². The lowest BCUT2D eigenvalue weighted by atomic mass is 9.95. The highest BCUT2D eigenvalue weighted by atomic mass is 35.5. The summed E-state index contributed by atoms with van der Waals surface area (Å²) in [6, 6.07) is 10.7.